The first-order chi connectivity index (χ1) is 16.1. The monoisotopic (exact) mass is 439 g/mol. The van der Waals surface area contributed by atoms with E-state index in [0.717, 1.165) is 64.4 Å². The summed E-state index contributed by atoms with van der Waals surface area (Å²) >= 11 is 0. The molecule has 2 aromatic carbocycles. The number of aryl methyl sites for hydroxylation is 2. The van der Waals surface area contributed by atoms with Crippen LogP contribution in [0.3, 0.4) is 0 Å². The minimum absolute atomic E-state index is 0.168. The van der Waals surface area contributed by atoms with Crippen molar-refractivity contribution in [3.8, 4) is 0 Å². The molecule has 2 aromatic heterocycles. The van der Waals surface area contributed by atoms with Crippen LogP contribution in [0.1, 0.15) is 29.7 Å². The number of hydrogen-bond acceptors (Lipinski definition) is 3. The number of carbonyl (C=O) groups is 2. The van der Waals surface area contributed by atoms with Gasteiger partial charge in [-0.15, -0.1) is 0 Å². The Balaban J connectivity index is 1.68. The maximum Gasteiger partial charge on any atom is 0.259 e. The lowest BCUT2D eigenvalue weighted by Gasteiger charge is -2.10. The van der Waals surface area contributed by atoms with Crippen molar-refractivity contribution in [2.24, 2.45) is 13.0 Å². The highest BCUT2D eigenvalue weighted by molar-refractivity contribution is 6.51. The number of benzene rings is 2. The number of carbonyl (C=O) groups excluding carboxylic acids is 2. The van der Waals surface area contributed by atoms with Crippen molar-refractivity contribution >= 4 is 44.8 Å². The summed E-state index contributed by atoms with van der Waals surface area (Å²) in [4.78, 5) is 26.5. The van der Waals surface area contributed by atoms with E-state index < -0.39 is 0 Å². The Morgan fingerprint density at radius 3 is 2.42 bits per heavy atom. The molecule has 0 saturated carbocycles. The molecule has 6 rings (SSSR count). The topological polar surface area (TPSA) is 76.3 Å². The van der Waals surface area contributed by atoms with E-state index in [4.69, 9.17) is 0 Å². The maximum absolute atomic E-state index is 13.3. The Labute approximate surface area is 191 Å². The van der Waals surface area contributed by atoms with Crippen LogP contribution < -0.4 is 5.32 Å². The van der Waals surface area contributed by atoms with Crippen LogP contribution in [-0.2, 0) is 29.6 Å². The van der Waals surface area contributed by atoms with Gasteiger partial charge in [-0.25, -0.2) is 0 Å². The first-order valence-electron chi connectivity index (χ1n) is 11.4. The van der Waals surface area contributed by atoms with E-state index in [1.807, 2.05) is 60.3 Å². The molecule has 4 aromatic rings. The highest BCUT2D eigenvalue weighted by Gasteiger charge is 2.37. The van der Waals surface area contributed by atoms with Crippen LogP contribution in [0.4, 0.5) is 0 Å². The van der Waals surface area contributed by atoms with Crippen LogP contribution in [0.25, 0.3) is 33.0 Å². The second-order valence-corrected chi connectivity index (χ2v) is 9.07. The van der Waals surface area contributed by atoms with E-state index in [1.165, 1.54) is 0 Å². The maximum atomic E-state index is 13.3. The number of imide groups is 1. The largest absolute Gasteiger partial charge is 0.396 e. The van der Waals surface area contributed by atoms with E-state index in [-0.39, 0.29) is 24.3 Å². The van der Waals surface area contributed by atoms with E-state index in [2.05, 4.69) is 16.0 Å². The number of nitrogens with zero attached hydrogens (tertiary/aromatic N) is 2. The van der Waals surface area contributed by atoms with Gasteiger partial charge in [0.25, 0.3) is 11.8 Å². The third kappa shape index (κ3) is 2.91. The first-order valence-corrected chi connectivity index (χ1v) is 11.4. The Bertz CT molecular complexity index is 1490. The summed E-state index contributed by atoms with van der Waals surface area (Å²) in [6.07, 6.45) is 4.44. The third-order valence-corrected chi connectivity index (χ3v) is 7.23. The molecule has 0 radical (unpaired) electrons. The van der Waals surface area contributed by atoms with Gasteiger partial charge in [0.1, 0.15) is 0 Å². The smallest absolute Gasteiger partial charge is 0.259 e. The van der Waals surface area contributed by atoms with Crippen molar-refractivity contribution in [3.63, 3.8) is 0 Å². The van der Waals surface area contributed by atoms with Gasteiger partial charge in [-0.1, -0.05) is 36.4 Å². The second kappa shape index (κ2) is 7.46. The summed E-state index contributed by atoms with van der Waals surface area (Å²) in [6.45, 7) is 0.953. The van der Waals surface area contributed by atoms with Crippen molar-refractivity contribution in [1.82, 2.24) is 14.5 Å². The average Bonchev–Trinajstić information content (AvgIpc) is 3.35. The molecule has 6 nitrogen and oxygen atoms in total. The van der Waals surface area contributed by atoms with Crippen LogP contribution in [0, 0.1) is 5.92 Å². The summed E-state index contributed by atoms with van der Waals surface area (Å²) in [7, 11) is 1.95. The van der Waals surface area contributed by atoms with Crippen molar-refractivity contribution in [1.29, 1.82) is 0 Å². The van der Waals surface area contributed by atoms with Gasteiger partial charge in [-0.2, -0.15) is 0 Å². The number of aliphatic hydroxyl groups is 1. The number of amides is 2. The van der Waals surface area contributed by atoms with Gasteiger partial charge < -0.3 is 14.2 Å². The van der Waals surface area contributed by atoms with Crippen LogP contribution >= 0.6 is 0 Å². The zero-order valence-electron chi connectivity index (χ0n) is 18.5. The minimum Gasteiger partial charge on any atom is -0.396 e. The quantitative estimate of drug-likeness (QED) is 0.479. The molecular weight excluding hydrogens is 414 g/mol. The highest BCUT2D eigenvalue weighted by atomic mass is 16.3. The molecule has 1 unspecified atom stereocenters. The Morgan fingerprint density at radius 2 is 1.64 bits per heavy atom. The van der Waals surface area contributed by atoms with Gasteiger partial charge in [0, 0.05) is 65.0 Å². The average molecular weight is 440 g/mol. The Morgan fingerprint density at radius 1 is 0.939 bits per heavy atom. The molecule has 0 bridgehead atoms. The lowest BCUT2D eigenvalue weighted by molar-refractivity contribution is -0.122. The van der Waals surface area contributed by atoms with Gasteiger partial charge in [-0.05, 0) is 37.3 Å². The van der Waals surface area contributed by atoms with Crippen LogP contribution in [0.15, 0.2) is 54.7 Å². The predicted octanol–water partition coefficient (Wildman–Crippen LogP) is 3.65. The fourth-order valence-electron chi connectivity index (χ4n) is 5.62. The Hall–Kier alpha value is -3.64. The lowest BCUT2D eigenvalue weighted by atomic mass is 9.92. The van der Waals surface area contributed by atoms with E-state index in [9.17, 15) is 14.7 Å². The second-order valence-electron chi connectivity index (χ2n) is 9.07. The van der Waals surface area contributed by atoms with E-state index in [0.29, 0.717) is 11.1 Å². The van der Waals surface area contributed by atoms with E-state index >= 15 is 0 Å². The molecule has 4 heterocycles. The summed E-state index contributed by atoms with van der Waals surface area (Å²) in [5, 5.41) is 14.3. The fraction of sp³-hybridized carbons (Fsp3) is 0.259. The van der Waals surface area contributed by atoms with Gasteiger partial charge in [0.15, 0.2) is 0 Å². The Kier molecular flexibility index (Phi) is 4.52. The molecule has 2 aliphatic heterocycles. The van der Waals surface area contributed by atoms with Crippen molar-refractivity contribution in [2.45, 2.75) is 25.8 Å². The number of aliphatic hydroxyl groups excluding tert-OH is 1. The number of rotatable bonds is 3. The zero-order valence-corrected chi connectivity index (χ0v) is 18.5. The molecule has 0 fully saturated rings. The highest BCUT2D eigenvalue weighted by Crippen LogP contribution is 2.42. The number of nitrogens with one attached hydrogen (secondary N) is 1. The first kappa shape index (κ1) is 20.0. The summed E-state index contributed by atoms with van der Waals surface area (Å²) in [5.41, 5.74) is 5.69. The molecule has 1 atom stereocenters. The molecule has 2 aliphatic rings. The standard InChI is InChI=1S/C27H25N3O3/c1-29-14-19(17-6-2-4-8-20(17)29)24-25(27(33)28-26(24)32)23-18-7-3-5-9-21(18)30-13-12-16(15-31)10-11-22(23)30/h2-9,14,16,31H,10-13,15H2,1H3,(H,28,32,33). The SMILES string of the molecule is Cn1cc(C2=C(c3c4n(c5ccccc35)CCC(CO)CC4)C(=O)NC2=O)c2ccccc21. The normalized spacial score (nSPS) is 18.8. The van der Waals surface area contributed by atoms with Crippen LogP contribution in [0.2, 0.25) is 0 Å². The molecule has 0 saturated heterocycles. The minimum atomic E-state index is -0.350. The molecular formula is C27H25N3O3. The number of para-hydroxylation sites is 2. The fourth-order valence-corrected chi connectivity index (χ4v) is 5.62. The van der Waals surface area contributed by atoms with Crippen LogP contribution in [-0.4, -0.2) is 32.7 Å². The van der Waals surface area contributed by atoms with Crippen molar-refractivity contribution in [2.75, 3.05) is 6.61 Å². The zero-order chi connectivity index (χ0) is 22.7. The summed E-state index contributed by atoms with van der Waals surface area (Å²) < 4.78 is 4.28. The lowest BCUT2D eigenvalue weighted by Crippen LogP contribution is -2.23. The van der Waals surface area contributed by atoms with Gasteiger partial charge in [-0.3, -0.25) is 14.9 Å². The summed E-state index contributed by atoms with van der Waals surface area (Å²) in [5.74, 6) is -0.454. The van der Waals surface area contributed by atoms with E-state index in [1.54, 1.807) is 0 Å². The van der Waals surface area contributed by atoms with Gasteiger partial charge in [0.05, 0.1) is 11.1 Å². The molecule has 0 spiro atoms. The van der Waals surface area contributed by atoms with Crippen LogP contribution in [0.5, 0.6) is 0 Å². The van der Waals surface area contributed by atoms with Gasteiger partial charge in [0.2, 0.25) is 0 Å². The number of hydrogen-bond donors (Lipinski definition) is 2. The predicted molar refractivity (Wildman–Crippen MR) is 128 cm³/mol. The molecule has 2 N–H and O–H groups in total. The molecule has 33 heavy (non-hydrogen) atoms. The number of fused-ring (bicyclic) bond motifs is 4. The molecule has 2 amide bonds. The molecule has 0 aliphatic carbocycles. The van der Waals surface area contributed by atoms with Gasteiger partial charge >= 0.3 is 0 Å². The molecule has 6 heteroatoms. The number of aromatic nitrogens is 2. The molecule has 166 valence electrons. The van der Waals surface area contributed by atoms with Crippen molar-refractivity contribution in [3.05, 3.63) is 71.5 Å². The summed E-state index contributed by atoms with van der Waals surface area (Å²) in [6, 6.07) is 16.0. The third-order valence-electron chi connectivity index (χ3n) is 7.23. The van der Waals surface area contributed by atoms with Crippen molar-refractivity contribution < 1.29 is 14.7 Å².